The highest BCUT2D eigenvalue weighted by Crippen LogP contribution is 2.68. The van der Waals surface area contributed by atoms with Crippen LogP contribution in [0.4, 0.5) is 0 Å². The number of hydrogen-bond donors (Lipinski definition) is 2. The maximum atomic E-state index is 11.0. The van der Waals surface area contributed by atoms with Crippen molar-refractivity contribution < 1.29 is 17.5 Å². The quantitative estimate of drug-likeness (QED) is 0.159. The van der Waals surface area contributed by atoms with E-state index in [0.717, 1.165) is 66.0 Å². The van der Waals surface area contributed by atoms with Crippen molar-refractivity contribution in [3.8, 4) is 0 Å². The lowest BCUT2D eigenvalue weighted by molar-refractivity contribution is -0.890. The molecule has 4 unspecified atom stereocenters. The Bertz CT molecular complexity index is 891. The minimum absolute atomic E-state index is 0.129. The number of nitrogens with zero attached hydrogens (tertiary/aromatic N) is 1. The van der Waals surface area contributed by atoms with Gasteiger partial charge in [-0.05, 0) is 104 Å². The van der Waals surface area contributed by atoms with E-state index in [4.69, 9.17) is 4.55 Å². The van der Waals surface area contributed by atoms with E-state index < -0.39 is 10.1 Å². The summed E-state index contributed by atoms with van der Waals surface area (Å²) >= 11 is 0. The van der Waals surface area contributed by atoms with E-state index in [9.17, 15) is 8.42 Å². The zero-order chi connectivity index (χ0) is 27.8. The van der Waals surface area contributed by atoms with Gasteiger partial charge in [0.25, 0.3) is 10.1 Å². The molecule has 0 aromatic carbocycles. The first kappa shape index (κ1) is 30.8. The molecule has 0 aliphatic heterocycles. The second-order valence-corrected chi connectivity index (χ2v) is 17.0. The molecule has 0 radical (unpaired) electrons. The van der Waals surface area contributed by atoms with Crippen LogP contribution >= 0.6 is 0 Å². The van der Waals surface area contributed by atoms with Gasteiger partial charge < -0.3 is 9.80 Å². The number of rotatable bonds is 12. The molecule has 9 atom stereocenters. The number of quaternary nitrogens is 1. The second kappa shape index (κ2) is 12.0. The van der Waals surface area contributed by atoms with Crippen LogP contribution < -0.4 is 5.32 Å². The monoisotopic (exact) mass is 553 g/mol. The van der Waals surface area contributed by atoms with Gasteiger partial charge in [0.1, 0.15) is 0 Å². The lowest BCUT2D eigenvalue weighted by Gasteiger charge is -2.61. The maximum Gasteiger partial charge on any atom is 0.265 e. The number of fused-ring (bicyclic) bond motifs is 5. The van der Waals surface area contributed by atoms with Gasteiger partial charge in [0, 0.05) is 25.4 Å². The molecule has 222 valence electrons. The summed E-state index contributed by atoms with van der Waals surface area (Å²) in [6, 6.07) is 0.666. The van der Waals surface area contributed by atoms with E-state index in [0.29, 0.717) is 23.3 Å². The van der Waals surface area contributed by atoms with Gasteiger partial charge in [-0.1, -0.05) is 40.5 Å². The van der Waals surface area contributed by atoms with Crippen LogP contribution in [0.1, 0.15) is 111 Å². The van der Waals surface area contributed by atoms with E-state index in [1.54, 1.807) is 0 Å². The Morgan fingerprint density at radius 3 is 2.34 bits per heavy atom. The van der Waals surface area contributed by atoms with E-state index >= 15 is 0 Å². The first-order chi connectivity index (χ1) is 17.8. The molecule has 0 aromatic heterocycles. The largest absolute Gasteiger partial charge is 0.328 e. The van der Waals surface area contributed by atoms with Crippen LogP contribution in [-0.2, 0) is 10.1 Å². The fraction of sp³-hybridized carbons (Fsp3) is 1.00. The zero-order valence-electron chi connectivity index (χ0n) is 25.7. The second-order valence-electron chi connectivity index (χ2n) is 15.5. The molecule has 0 aromatic rings. The highest BCUT2D eigenvalue weighted by atomic mass is 32.2. The average Bonchev–Trinajstić information content (AvgIpc) is 3.18. The Balaban J connectivity index is 1.26. The third-order valence-electron chi connectivity index (χ3n) is 12.7. The molecule has 0 heterocycles. The molecular weight excluding hydrogens is 492 g/mol. The smallest absolute Gasteiger partial charge is 0.265 e. The summed E-state index contributed by atoms with van der Waals surface area (Å²) < 4.78 is 31.8. The Morgan fingerprint density at radius 2 is 1.63 bits per heavy atom. The van der Waals surface area contributed by atoms with Crippen LogP contribution in [0.25, 0.3) is 0 Å². The number of nitrogens with one attached hydrogen (secondary N) is 1. The molecule has 4 rings (SSSR count). The molecule has 6 heteroatoms. The Morgan fingerprint density at radius 1 is 0.947 bits per heavy atom. The predicted molar refractivity (Wildman–Crippen MR) is 159 cm³/mol. The molecule has 5 nitrogen and oxygen atoms in total. The molecule has 0 bridgehead atoms. The van der Waals surface area contributed by atoms with Gasteiger partial charge >= 0.3 is 0 Å². The normalized spacial score (nSPS) is 40.3. The highest BCUT2D eigenvalue weighted by Gasteiger charge is 2.60. The lowest BCUT2D eigenvalue weighted by Crippen LogP contribution is -2.55. The summed E-state index contributed by atoms with van der Waals surface area (Å²) in [7, 11) is 0.488. The van der Waals surface area contributed by atoms with Gasteiger partial charge in [0.05, 0.1) is 32.9 Å². The Labute approximate surface area is 235 Å². The summed E-state index contributed by atoms with van der Waals surface area (Å²) in [5.74, 6) is 5.56. The molecule has 0 amide bonds. The van der Waals surface area contributed by atoms with Crippen LogP contribution in [0, 0.1) is 46.3 Å². The van der Waals surface area contributed by atoms with Crippen molar-refractivity contribution in [2.24, 2.45) is 46.3 Å². The molecule has 38 heavy (non-hydrogen) atoms. The van der Waals surface area contributed by atoms with Crippen molar-refractivity contribution in [1.29, 1.82) is 0 Å². The summed E-state index contributed by atoms with van der Waals surface area (Å²) in [5.41, 5.74) is 1.16. The topological polar surface area (TPSA) is 66.4 Å². The standard InChI is InChI=1S/C32H60N2O3S/c1-7-10-24(2)28-13-14-29-27-12-11-25-23-26(15-17-31(25,3)30(27)16-18-32(28,29)4)33-19-8-20-34(5,6)21-9-22-38(35,36)37/h24-30,33H,7-23H2,1-6H3/p+1/t24-,25?,26-,27?,28-,29?,30?,31+,32-/m1/s1. The molecule has 4 aliphatic carbocycles. The highest BCUT2D eigenvalue weighted by molar-refractivity contribution is 7.85. The van der Waals surface area contributed by atoms with Gasteiger partial charge in [0.2, 0.25) is 0 Å². The minimum atomic E-state index is -3.85. The minimum Gasteiger partial charge on any atom is -0.328 e. The van der Waals surface area contributed by atoms with Crippen molar-refractivity contribution in [2.75, 3.05) is 39.5 Å². The first-order valence-electron chi connectivity index (χ1n) is 16.3. The summed E-state index contributed by atoms with van der Waals surface area (Å²) in [4.78, 5) is 0. The molecule has 0 saturated heterocycles. The van der Waals surface area contributed by atoms with Crippen LogP contribution in [0.15, 0.2) is 0 Å². The summed E-state index contributed by atoms with van der Waals surface area (Å²) in [6.07, 6.45) is 17.4. The molecule has 4 saturated carbocycles. The van der Waals surface area contributed by atoms with Crippen LogP contribution in [0.5, 0.6) is 0 Å². The van der Waals surface area contributed by atoms with E-state index in [2.05, 4.69) is 47.1 Å². The van der Waals surface area contributed by atoms with Crippen LogP contribution in [0.3, 0.4) is 0 Å². The average molecular weight is 554 g/mol. The van der Waals surface area contributed by atoms with E-state index in [-0.39, 0.29) is 5.75 Å². The van der Waals surface area contributed by atoms with Crippen LogP contribution in [0.2, 0.25) is 0 Å². The predicted octanol–water partition coefficient (Wildman–Crippen LogP) is 6.78. The van der Waals surface area contributed by atoms with Crippen molar-refractivity contribution in [1.82, 2.24) is 5.32 Å². The van der Waals surface area contributed by atoms with Crippen molar-refractivity contribution in [2.45, 2.75) is 117 Å². The van der Waals surface area contributed by atoms with Gasteiger partial charge in [-0.15, -0.1) is 0 Å². The SMILES string of the molecule is CCC[C@@H](C)[C@H]1CCC2C3CCC4C[C@H](NCCC[N+](C)(C)CCCS(=O)(=O)O)CC[C@]4(C)C3CC[C@@]21C. The van der Waals surface area contributed by atoms with Gasteiger partial charge in [-0.3, -0.25) is 4.55 Å². The molecule has 4 aliphatic rings. The Hall–Kier alpha value is -0.170. The third kappa shape index (κ3) is 6.65. The summed E-state index contributed by atoms with van der Waals surface area (Å²) in [5, 5.41) is 3.92. The molecule has 4 fully saturated rings. The van der Waals surface area contributed by atoms with Crippen molar-refractivity contribution in [3.05, 3.63) is 0 Å². The van der Waals surface area contributed by atoms with E-state index in [1.165, 1.54) is 70.6 Å². The first-order valence-corrected chi connectivity index (χ1v) is 17.9. The fourth-order valence-corrected chi connectivity index (χ4v) is 11.2. The zero-order valence-corrected chi connectivity index (χ0v) is 26.5. The molecule has 0 spiro atoms. The fourth-order valence-electron chi connectivity index (χ4n) is 10.7. The van der Waals surface area contributed by atoms with Gasteiger partial charge in [-0.2, -0.15) is 8.42 Å². The van der Waals surface area contributed by atoms with Crippen molar-refractivity contribution >= 4 is 10.1 Å². The van der Waals surface area contributed by atoms with E-state index in [1.807, 2.05) is 0 Å². The lowest BCUT2D eigenvalue weighted by atomic mass is 9.44. The van der Waals surface area contributed by atoms with Gasteiger partial charge in [0.15, 0.2) is 0 Å². The molecular formula is C32H61N2O3S+. The summed E-state index contributed by atoms with van der Waals surface area (Å²) in [6.45, 7) is 13.2. The molecule has 2 N–H and O–H groups in total. The van der Waals surface area contributed by atoms with Crippen LogP contribution in [-0.4, -0.2) is 63.0 Å². The maximum absolute atomic E-state index is 11.0. The third-order valence-corrected chi connectivity index (χ3v) is 13.5. The Kier molecular flexibility index (Phi) is 9.70. The number of hydrogen-bond acceptors (Lipinski definition) is 3. The van der Waals surface area contributed by atoms with Crippen molar-refractivity contribution in [3.63, 3.8) is 0 Å². The van der Waals surface area contributed by atoms with Gasteiger partial charge in [-0.25, -0.2) is 0 Å².